The molecular formula is C14H20BrNO4S. The van der Waals surface area contributed by atoms with Crippen LogP contribution in [0.4, 0.5) is 0 Å². The fraction of sp³-hybridized carbons (Fsp3) is 0.571. The molecule has 0 radical (unpaired) electrons. The van der Waals surface area contributed by atoms with Crippen LogP contribution in [0.1, 0.15) is 25.3 Å². The highest BCUT2D eigenvalue weighted by atomic mass is 79.9. The number of nitrogens with zero attached hydrogens (tertiary/aromatic N) is 1. The van der Waals surface area contributed by atoms with Gasteiger partial charge in [0.1, 0.15) is 0 Å². The number of aliphatic hydroxyl groups is 1. The molecule has 0 saturated carbocycles. The molecule has 1 heterocycles. The molecule has 1 atom stereocenters. The van der Waals surface area contributed by atoms with Crippen molar-refractivity contribution in [2.75, 3.05) is 19.7 Å². The molecule has 5 nitrogen and oxygen atoms in total. The molecule has 1 unspecified atom stereocenters. The molecule has 0 spiro atoms. The molecule has 0 aromatic heterocycles. The summed E-state index contributed by atoms with van der Waals surface area (Å²) in [5, 5.41) is 9.10. The van der Waals surface area contributed by atoms with Crippen LogP contribution in [0.5, 0.6) is 0 Å². The smallest absolute Gasteiger partial charge is 0.244 e. The van der Waals surface area contributed by atoms with E-state index in [1.54, 1.807) is 12.1 Å². The van der Waals surface area contributed by atoms with Crippen molar-refractivity contribution in [1.82, 2.24) is 4.31 Å². The van der Waals surface area contributed by atoms with Crippen LogP contribution < -0.4 is 0 Å². The lowest BCUT2D eigenvalue weighted by Crippen LogP contribution is -2.43. The second-order valence-corrected chi connectivity index (χ2v) is 7.77. The summed E-state index contributed by atoms with van der Waals surface area (Å²) in [4.78, 5) is 0.233. The zero-order valence-corrected chi connectivity index (χ0v) is 14.4. The largest absolute Gasteiger partial charge is 0.392 e. The van der Waals surface area contributed by atoms with E-state index in [9.17, 15) is 8.42 Å². The first-order chi connectivity index (χ1) is 9.98. The number of ether oxygens (including phenoxy) is 1. The zero-order chi connectivity index (χ0) is 15.5. The van der Waals surface area contributed by atoms with Gasteiger partial charge in [-0.3, -0.25) is 0 Å². The van der Waals surface area contributed by atoms with E-state index in [0.717, 1.165) is 12.8 Å². The number of hydrogen-bond donors (Lipinski definition) is 1. The van der Waals surface area contributed by atoms with E-state index >= 15 is 0 Å². The van der Waals surface area contributed by atoms with Crippen LogP contribution in [-0.2, 0) is 21.4 Å². The van der Waals surface area contributed by atoms with Crippen molar-refractivity contribution in [3.63, 3.8) is 0 Å². The van der Waals surface area contributed by atoms with E-state index < -0.39 is 10.0 Å². The van der Waals surface area contributed by atoms with E-state index in [1.165, 1.54) is 10.4 Å². The minimum absolute atomic E-state index is 0.0333. The summed E-state index contributed by atoms with van der Waals surface area (Å²) in [5.41, 5.74) is 0.673. The predicted octanol–water partition coefficient (Wildman–Crippen LogP) is 2.13. The van der Waals surface area contributed by atoms with Gasteiger partial charge >= 0.3 is 0 Å². The van der Waals surface area contributed by atoms with Crippen molar-refractivity contribution in [2.24, 2.45) is 0 Å². The maximum Gasteiger partial charge on any atom is 0.244 e. The maximum atomic E-state index is 12.7. The van der Waals surface area contributed by atoms with Gasteiger partial charge in [-0.25, -0.2) is 8.42 Å². The summed E-state index contributed by atoms with van der Waals surface area (Å²) < 4.78 is 33.0. The van der Waals surface area contributed by atoms with E-state index in [2.05, 4.69) is 15.9 Å². The Balaban J connectivity index is 2.25. The fourth-order valence-electron chi connectivity index (χ4n) is 2.49. The molecule has 1 aliphatic heterocycles. The molecule has 1 aliphatic rings. The Hall–Kier alpha value is -0.470. The second-order valence-electron chi connectivity index (χ2n) is 5.01. The van der Waals surface area contributed by atoms with Crippen LogP contribution in [-0.4, -0.2) is 43.6 Å². The minimum Gasteiger partial charge on any atom is -0.392 e. The van der Waals surface area contributed by atoms with Gasteiger partial charge in [-0.1, -0.05) is 6.07 Å². The van der Waals surface area contributed by atoms with Gasteiger partial charge < -0.3 is 9.84 Å². The van der Waals surface area contributed by atoms with Crippen molar-refractivity contribution in [3.05, 3.63) is 28.2 Å². The number of benzene rings is 1. The third-order valence-corrected chi connectivity index (χ3v) is 6.38. The molecule has 0 amide bonds. The number of rotatable bonds is 5. The topological polar surface area (TPSA) is 66.8 Å². The molecule has 1 saturated heterocycles. The molecule has 2 rings (SSSR count). The van der Waals surface area contributed by atoms with Crippen molar-refractivity contribution >= 4 is 26.0 Å². The molecule has 0 aliphatic carbocycles. The van der Waals surface area contributed by atoms with Gasteiger partial charge in [-0.15, -0.1) is 0 Å². The standard InChI is InChI=1S/C14H20BrNO4S/c1-2-20-12-4-3-7-16(9-12)21(18,19)14-6-5-11(10-17)8-13(14)15/h5-6,8,12,17H,2-4,7,9-10H2,1H3. The lowest BCUT2D eigenvalue weighted by Gasteiger charge is -2.31. The van der Waals surface area contributed by atoms with Crippen LogP contribution in [0.3, 0.4) is 0 Å². The summed E-state index contributed by atoms with van der Waals surface area (Å²) in [7, 11) is -3.54. The second kappa shape index (κ2) is 7.19. The number of halogens is 1. The van der Waals surface area contributed by atoms with E-state index in [4.69, 9.17) is 9.84 Å². The highest BCUT2D eigenvalue weighted by molar-refractivity contribution is 9.10. The van der Waals surface area contributed by atoms with E-state index in [-0.39, 0.29) is 17.6 Å². The Morgan fingerprint density at radius 3 is 2.86 bits per heavy atom. The fourth-order valence-corrected chi connectivity index (χ4v) is 5.08. The quantitative estimate of drug-likeness (QED) is 0.853. The van der Waals surface area contributed by atoms with Crippen LogP contribution in [0, 0.1) is 0 Å². The van der Waals surface area contributed by atoms with Gasteiger partial charge in [0.2, 0.25) is 10.0 Å². The van der Waals surface area contributed by atoms with Gasteiger partial charge in [-0.2, -0.15) is 4.31 Å². The highest BCUT2D eigenvalue weighted by Gasteiger charge is 2.31. The first-order valence-corrected chi connectivity index (χ1v) is 9.23. The van der Waals surface area contributed by atoms with Gasteiger partial charge in [0, 0.05) is 24.2 Å². The average Bonchev–Trinajstić information content (AvgIpc) is 2.47. The van der Waals surface area contributed by atoms with Gasteiger partial charge in [0.05, 0.1) is 17.6 Å². The average molecular weight is 378 g/mol. The predicted molar refractivity (Wildman–Crippen MR) is 83.5 cm³/mol. The molecule has 21 heavy (non-hydrogen) atoms. The van der Waals surface area contributed by atoms with Crippen LogP contribution in [0.25, 0.3) is 0 Å². The van der Waals surface area contributed by atoms with Gasteiger partial charge in [-0.05, 0) is 53.4 Å². The highest BCUT2D eigenvalue weighted by Crippen LogP contribution is 2.28. The summed E-state index contributed by atoms with van der Waals surface area (Å²) in [6.07, 6.45) is 1.66. The van der Waals surface area contributed by atoms with E-state index in [1.807, 2.05) is 6.92 Å². The first-order valence-electron chi connectivity index (χ1n) is 7.00. The number of sulfonamides is 1. The van der Waals surface area contributed by atoms with Gasteiger partial charge in [0.25, 0.3) is 0 Å². The normalized spacial score (nSPS) is 20.6. The molecule has 1 aromatic rings. The Labute approximate surface area is 134 Å². The molecule has 1 fully saturated rings. The van der Waals surface area contributed by atoms with Crippen molar-refractivity contribution in [1.29, 1.82) is 0 Å². The Kier molecular flexibility index (Phi) is 5.79. The van der Waals surface area contributed by atoms with Gasteiger partial charge in [0.15, 0.2) is 0 Å². The molecule has 118 valence electrons. The third-order valence-electron chi connectivity index (χ3n) is 3.54. The Bertz CT molecular complexity index is 589. The lowest BCUT2D eigenvalue weighted by atomic mass is 10.1. The SMILES string of the molecule is CCOC1CCCN(S(=O)(=O)c2ccc(CO)cc2Br)C1. The number of piperidine rings is 1. The van der Waals surface area contributed by atoms with Crippen molar-refractivity contribution in [2.45, 2.75) is 37.4 Å². The maximum absolute atomic E-state index is 12.7. The Morgan fingerprint density at radius 1 is 1.48 bits per heavy atom. The number of hydrogen-bond acceptors (Lipinski definition) is 4. The van der Waals surface area contributed by atoms with Crippen LogP contribution in [0.2, 0.25) is 0 Å². The van der Waals surface area contributed by atoms with Crippen molar-refractivity contribution < 1.29 is 18.3 Å². The van der Waals surface area contributed by atoms with Crippen molar-refractivity contribution in [3.8, 4) is 0 Å². The molecule has 0 bridgehead atoms. The number of aliphatic hydroxyl groups excluding tert-OH is 1. The molecule has 1 N–H and O–H groups in total. The summed E-state index contributed by atoms with van der Waals surface area (Å²) in [6.45, 7) is 3.30. The summed E-state index contributed by atoms with van der Waals surface area (Å²) >= 11 is 3.29. The monoisotopic (exact) mass is 377 g/mol. The molecule has 1 aromatic carbocycles. The van der Waals surface area contributed by atoms with E-state index in [0.29, 0.717) is 29.7 Å². The first kappa shape index (κ1) is 16.9. The van der Waals surface area contributed by atoms with Crippen LogP contribution >= 0.6 is 15.9 Å². The lowest BCUT2D eigenvalue weighted by molar-refractivity contribution is 0.0265. The minimum atomic E-state index is -3.54. The molecular weight excluding hydrogens is 358 g/mol. The Morgan fingerprint density at radius 2 is 2.24 bits per heavy atom. The third kappa shape index (κ3) is 3.84. The summed E-state index contributed by atoms with van der Waals surface area (Å²) in [5.74, 6) is 0. The zero-order valence-electron chi connectivity index (χ0n) is 12.0. The molecule has 7 heteroatoms. The summed E-state index contributed by atoms with van der Waals surface area (Å²) in [6, 6.07) is 4.80. The van der Waals surface area contributed by atoms with Crippen LogP contribution in [0.15, 0.2) is 27.6 Å².